The van der Waals surface area contributed by atoms with Crippen LogP contribution in [0.15, 0.2) is 36.7 Å². The van der Waals surface area contributed by atoms with E-state index in [1.165, 1.54) is 12.3 Å². The lowest BCUT2D eigenvalue weighted by molar-refractivity contribution is -0.137. The molecule has 1 atom stereocenters. The van der Waals surface area contributed by atoms with Gasteiger partial charge in [-0.05, 0) is 41.8 Å². The molecule has 0 spiro atoms. The molecule has 2 nitrogen and oxygen atoms in total. The number of aryl methyl sites for hydroxylation is 1. The summed E-state index contributed by atoms with van der Waals surface area (Å²) in [5.41, 5.74) is 7.10. The van der Waals surface area contributed by atoms with Gasteiger partial charge in [0.15, 0.2) is 0 Å². The molecule has 0 bridgehead atoms. The zero-order chi connectivity index (χ0) is 14.9. The van der Waals surface area contributed by atoms with Crippen LogP contribution in [-0.2, 0) is 6.18 Å². The summed E-state index contributed by atoms with van der Waals surface area (Å²) in [7, 11) is 0. The van der Waals surface area contributed by atoms with Gasteiger partial charge in [0.2, 0.25) is 0 Å². The molecule has 1 unspecified atom stereocenters. The van der Waals surface area contributed by atoms with Crippen molar-refractivity contribution >= 4 is 11.6 Å². The van der Waals surface area contributed by atoms with E-state index in [-0.39, 0.29) is 0 Å². The van der Waals surface area contributed by atoms with Crippen LogP contribution >= 0.6 is 11.6 Å². The van der Waals surface area contributed by atoms with Gasteiger partial charge in [-0.3, -0.25) is 4.98 Å². The Balaban J connectivity index is 2.42. The van der Waals surface area contributed by atoms with Crippen LogP contribution < -0.4 is 5.73 Å². The van der Waals surface area contributed by atoms with Gasteiger partial charge >= 0.3 is 6.18 Å². The molecule has 2 N–H and O–H groups in total. The van der Waals surface area contributed by atoms with Crippen LogP contribution in [-0.4, -0.2) is 4.98 Å². The normalized spacial score (nSPS) is 13.3. The quantitative estimate of drug-likeness (QED) is 0.906. The van der Waals surface area contributed by atoms with Gasteiger partial charge in [0.1, 0.15) is 0 Å². The van der Waals surface area contributed by atoms with Crippen LogP contribution in [0.1, 0.15) is 28.3 Å². The molecule has 1 aromatic carbocycles. The molecule has 0 saturated carbocycles. The van der Waals surface area contributed by atoms with E-state index in [0.29, 0.717) is 21.7 Å². The van der Waals surface area contributed by atoms with Crippen molar-refractivity contribution in [1.29, 1.82) is 0 Å². The summed E-state index contributed by atoms with van der Waals surface area (Å²) in [5, 5.41) is 0.388. The van der Waals surface area contributed by atoms with E-state index in [2.05, 4.69) is 4.98 Å². The summed E-state index contributed by atoms with van der Waals surface area (Å²) in [4.78, 5) is 3.85. The van der Waals surface area contributed by atoms with Gasteiger partial charge < -0.3 is 5.73 Å². The van der Waals surface area contributed by atoms with Crippen LogP contribution in [0.25, 0.3) is 0 Å². The average Bonchev–Trinajstić information content (AvgIpc) is 2.37. The number of halogens is 4. The largest absolute Gasteiger partial charge is 0.416 e. The molecule has 106 valence electrons. The zero-order valence-corrected chi connectivity index (χ0v) is 11.3. The molecular formula is C14H12ClF3N2. The Hall–Kier alpha value is -1.59. The topological polar surface area (TPSA) is 38.9 Å². The second kappa shape index (κ2) is 5.42. The third kappa shape index (κ3) is 2.94. The fraction of sp³-hybridized carbons (Fsp3) is 0.214. The predicted molar refractivity (Wildman–Crippen MR) is 71.5 cm³/mol. The molecule has 0 aliphatic heterocycles. The SMILES string of the molecule is Cc1cc(C(F)(F)F)ccc1C(N)c1ccncc1Cl. The van der Waals surface area contributed by atoms with Gasteiger partial charge in [-0.15, -0.1) is 0 Å². The van der Waals surface area contributed by atoms with Gasteiger partial charge in [0, 0.05) is 12.4 Å². The molecule has 1 heterocycles. The fourth-order valence-electron chi connectivity index (χ4n) is 2.01. The molecule has 0 amide bonds. The van der Waals surface area contributed by atoms with Gasteiger partial charge in [-0.25, -0.2) is 0 Å². The summed E-state index contributed by atoms with van der Waals surface area (Å²) in [6, 6.07) is 4.57. The minimum absolute atomic E-state index is 0.388. The Labute approximate surface area is 119 Å². The lowest BCUT2D eigenvalue weighted by atomic mass is 9.95. The number of benzene rings is 1. The average molecular weight is 301 g/mol. The fourth-order valence-corrected chi connectivity index (χ4v) is 2.24. The molecule has 20 heavy (non-hydrogen) atoms. The minimum atomic E-state index is -4.36. The predicted octanol–water partition coefficient (Wildman–Crippen LogP) is 4.11. The number of hydrogen-bond acceptors (Lipinski definition) is 2. The van der Waals surface area contributed by atoms with Crippen molar-refractivity contribution < 1.29 is 13.2 Å². The Morgan fingerprint density at radius 3 is 2.45 bits per heavy atom. The van der Waals surface area contributed by atoms with Crippen LogP contribution in [0.5, 0.6) is 0 Å². The third-order valence-electron chi connectivity index (χ3n) is 3.07. The number of pyridine rings is 1. The van der Waals surface area contributed by atoms with E-state index in [9.17, 15) is 13.2 Å². The van der Waals surface area contributed by atoms with E-state index >= 15 is 0 Å². The molecule has 0 fully saturated rings. The first-order valence-electron chi connectivity index (χ1n) is 5.83. The highest BCUT2D eigenvalue weighted by Crippen LogP contribution is 2.33. The van der Waals surface area contributed by atoms with Crippen molar-refractivity contribution in [3.05, 3.63) is 63.9 Å². The van der Waals surface area contributed by atoms with Crippen LogP contribution in [0.3, 0.4) is 0 Å². The van der Waals surface area contributed by atoms with Crippen molar-refractivity contribution in [3.8, 4) is 0 Å². The molecule has 6 heteroatoms. The summed E-state index contributed by atoms with van der Waals surface area (Å²) in [6.07, 6.45) is -1.36. The number of aromatic nitrogens is 1. The van der Waals surface area contributed by atoms with Crippen LogP contribution in [0, 0.1) is 6.92 Å². The van der Waals surface area contributed by atoms with E-state index in [4.69, 9.17) is 17.3 Å². The van der Waals surface area contributed by atoms with Gasteiger partial charge in [-0.1, -0.05) is 17.7 Å². The Morgan fingerprint density at radius 2 is 1.90 bits per heavy atom. The van der Waals surface area contributed by atoms with Crippen LogP contribution in [0.4, 0.5) is 13.2 Å². The maximum atomic E-state index is 12.6. The second-order valence-corrected chi connectivity index (χ2v) is 4.85. The zero-order valence-electron chi connectivity index (χ0n) is 10.6. The molecular weight excluding hydrogens is 289 g/mol. The first kappa shape index (κ1) is 14.8. The summed E-state index contributed by atoms with van der Waals surface area (Å²) < 4.78 is 37.9. The van der Waals surface area contributed by atoms with E-state index in [1.807, 2.05) is 0 Å². The third-order valence-corrected chi connectivity index (χ3v) is 3.39. The Kier molecular flexibility index (Phi) is 4.01. The monoisotopic (exact) mass is 300 g/mol. The summed E-state index contributed by atoms with van der Waals surface area (Å²) in [6.45, 7) is 1.60. The first-order valence-corrected chi connectivity index (χ1v) is 6.21. The van der Waals surface area contributed by atoms with Crippen molar-refractivity contribution in [2.24, 2.45) is 5.73 Å². The van der Waals surface area contributed by atoms with Gasteiger partial charge in [0.25, 0.3) is 0 Å². The van der Waals surface area contributed by atoms with Crippen molar-refractivity contribution in [2.45, 2.75) is 19.1 Å². The molecule has 0 aliphatic rings. The molecule has 2 rings (SSSR count). The van der Waals surface area contributed by atoms with Gasteiger partial charge in [-0.2, -0.15) is 13.2 Å². The Bertz CT molecular complexity index is 626. The lowest BCUT2D eigenvalue weighted by Gasteiger charge is -2.17. The molecule has 0 radical (unpaired) electrons. The maximum Gasteiger partial charge on any atom is 0.416 e. The van der Waals surface area contributed by atoms with E-state index < -0.39 is 17.8 Å². The molecule has 0 saturated heterocycles. The lowest BCUT2D eigenvalue weighted by Crippen LogP contribution is -2.15. The summed E-state index contributed by atoms with van der Waals surface area (Å²) in [5.74, 6) is 0. The number of alkyl halides is 3. The molecule has 1 aromatic heterocycles. The van der Waals surface area contributed by atoms with Crippen molar-refractivity contribution in [2.75, 3.05) is 0 Å². The smallest absolute Gasteiger partial charge is 0.320 e. The highest BCUT2D eigenvalue weighted by molar-refractivity contribution is 6.31. The highest BCUT2D eigenvalue weighted by Gasteiger charge is 2.31. The van der Waals surface area contributed by atoms with Crippen molar-refractivity contribution in [1.82, 2.24) is 4.98 Å². The number of nitrogens with zero attached hydrogens (tertiary/aromatic N) is 1. The van der Waals surface area contributed by atoms with Gasteiger partial charge in [0.05, 0.1) is 16.6 Å². The van der Waals surface area contributed by atoms with Crippen molar-refractivity contribution in [3.63, 3.8) is 0 Å². The number of rotatable bonds is 2. The highest BCUT2D eigenvalue weighted by atomic mass is 35.5. The van der Waals surface area contributed by atoms with E-state index in [1.54, 1.807) is 19.2 Å². The number of hydrogen-bond donors (Lipinski definition) is 1. The van der Waals surface area contributed by atoms with E-state index in [0.717, 1.165) is 12.1 Å². The summed E-state index contributed by atoms with van der Waals surface area (Å²) >= 11 is 6.00. The maximum absolute atomic E-state index is 12.6. The van der Waals surface area contributed by atoms with Crippen LogP contribution in [0.2, 0.25) is 5.02 Å². The molecule has 2 aromatic rings. The minimum Gasteiger partial charge on any atom is -0.320 e. The number of nitrogens with two attached hydrogens (primary N) is 1. The molecule has 0 aliphatic carbocycles. The second-order valence-electron chi connectivity index (χ2n) is 4.44. The standard InChI is InChI=1S/C14H12ClF3N2/c1-8-6-9(14(16,17)18)2-3-10(8)13(19)11-4-5-20-7-12(11)15/h2-7,13H,19H2,1H3. The first-order chi connectivity index (χ1) is 9.30. The Morgan fingerprint density at radius 1 is 1.20 bits per heavy atom.